The molecule has 4 N–H and O–H groups in total. The van der Waals surface area contributed by atoms with Crippen LogP contribution in [0.5, 0.6) is 0 Å². The molecule has 0 saturated carbocycles. The minimum Gasteiger partial charge on any atom is -0.399 e. The van der Waals surface area contributed by atoms with E-state index in [4.69, 9.17) is 5.73 Å². The van der Waals surface area contributed by atoms with Crippen LogP contribution in [0.4, 0.5) is 17.1 Å². The fourth-order valence-corrected chi connectivity index (χ4v) is 3.85. The van der Waals surface area contributed by atoms with E-state index in [1.54, 1.807) is 30.6 Å². The van der Waals surface area contributed by atoms with Crippen LogP contribution in [-0.4, -0.2) is 21.8 Å². The predicted octanol–water partition coefficient (Wildman–Crippen LogP) is 5.08. The molecule has 176 valence electrons. The molecule has 0 radical (unpaired) electrons. The minimum atomic E-state index is -0.308. The summed E-state index contributed by atoms with van der Waals surface area (Å²) in [6.07, 6.45) is 3.70. The molecule has 0 spiro atoms. The number of carbonyl (C=O) groups is 2. The van der Waals surface area contributed by atoms with Crippen molar-refractivity contribution in [2.45, 2.75) is 27.2 Å². The van der Waals surface area contributed by atoms with E-state index in [-0.39, 0.29) is 11.8 Å². The highest BCUT2D eigenvalue weighted by molar-refractivity contribution is 6.08. The monoisotopic (exact) mass is 465 g/mol. The Morgan fingerprint density at radius 2 is 1.49 bits per heavy atom. The Balaban J connectivity index is 1.44. The van der Waals surface area contributed by atoms with Crippen LogP contribution in [0.15, 0.2) is 73.1 Å². The molecule has 0 aliphatic carbocycles. The van der Waals surface area contributed by atoms with Crippen LogP contribution < -0.4 is 16.4 Å². The average Bonchev–Trinajstić information content (AvgIpc) is 2.81. The first kappa shape index (κ1) is 23.6. The van der Waals surface area contributed by atoms with Gasteiger partial charge in [0, 0.05) is 28.9 Å². The molecular formula is C28H27N5O2. The van der Waals surface area contributed by atoms with E-state index in [2.05, 4.69) is 20.6 Å². The van der Waals surface area contributed by atoms with Crippen molar-refractivity contribution in [3.8, 4) is 0 Å². The quantitative estimate of drug-likeness (QED) is 0.344. The summed E-state index contributed by atoms with van der Waals surface area (Å²) in [7, 11) is 0. The van der Waals surface area contributed by atoms with Crippen LogP contribution in [0.1, 0.15) is 48.8 Å². The summed E-state index contributed by atoms with van der Waals surface area (Å²) in [5, 5.41) is 5.71. The molecule has 35 heavy (non-hydrogen) atoms. The number of anilines is 3. The molecule has 0 unspecified atom stereocenters. The molecule has 4 rings (SSSR count). The minimum absolute atomic E-state index is 0.226. The van der Waals surface area contributed by atoms with Gasteiger partial charge in [-0.2, -0.15) is 0 Å². The maximum atomic E-state index is 13.0. The average molecular weight is 466 g/mol. The summed E-state index contributed by atoms with van der Waals surface area (Å²) in [5.74, 6) is 0.0919. The van der Waals surface area contributed by atoms with Gasteiger partial charge in [-0.15, -0.1) is 0 Å². The van der Waals surface area contributed by atoms with Crippen LogP contribution in [0, 0.1) is 20.8 Å². The normalized spacial score (nSPS) is 10.6. The summed E-state index contributed by atoms with van der Waals surface area (Å²) in [5.41, 5.74) is 12.4. The zero-order valence-corrected chi connectivity index (χ0v) is 19.9. The molecule has 0 fully saturated rings. The van der Waals surface area contributed by atoms with Gasteiger partial charge in [0.25, 0.3) is 11.8 Å². The second kappa shape index (κ2) is 10.2. The smallest absolute Gasteiger partial charge is 0.256 e. The third kappa shape index (κ3) is 6.09. The summed E-state index contributed by atoms with van der Waals surface area (Å²) >= 11 is 0. The molecule has 0 saturated heterocycles. The van der Waals surface area contributed by atoms with Crippen LogP contribution in [0.3, 0.4) is 0 Å². The highest BCUT2D eigenvalue weighted by atomic mass is 16.2. The Hall–Kier alpha value is -4.52. The molecule has 3 aromatic carbocycles. The third-order valence-corrected chi connectivity index (χ3v) is 5.50. The first-order valence-corrected chi connectivity index (χ1v) is 11.2. The van der Waals surface area contributed by atoms with Gasteiger partial charge < -0.3 is 16.4 Å². The Labute approximate surface area is 204 Å². The van der Waals surface area contributed by atoms with Crippen LogP contribution >= 0.6 is 0 Å². The van der Waals surface area contributed by atoms with E-state index >= 15 is 0 Å². The van der Waals surface area contributed by atoms with Gasteiger partial charge in [-0.25, -0.2) is 9.97 Å². The van der Waals surface area contributed by atoms with Crippen molar-refractivity contribution in [2.24, 2.45) is 0 Å². The zero-order chi connectivity index (χ0) is 24.9. The number of hydrogen-bond acceptors (Lipinski definition) is 5. The van der Waals surface area contributed by atoms with Crippen molar-refractivity contribution < 1.29 is 9.59 Å². The number of amides is 2. The molecule has 2 amide bonds. The number of aromatic nitrogens is 2. The number of nitrogens with zero attached hydrogens (tertiary/aromatic N) is 2. The highest BCUT2D eigenvalue weighted by Crippen LogP contribution is 2.19. The lowest BCUT2D eigenvalue weighted by atomic mass is 10.1. The second-order valence-electron chi connectivity index (χ2n) is 8.62. The maximum Gasteiger partial charge on any atom is 0.256 e. The lowest BCUT2D eigenvalue weighted by molar-refractivity contribution is 0.101. The van der Waals surface area contributed by atoms with E-state index in [0.717, 1.165) is 22.3 Å². The van der Waals surface area contributed by atoms with Gasteiger partial charge in [0.05, 0.1) is 18.1 Å². The summed E-state index contributed by atoms with van der Waals surface area (Å²) in [6.45, 7) is 5.74. The number of rotatable bonds is 6. The fraction of sp³-hybridized carbons (Fsp3) is 0.143. The number of carbonyl (C=O) groups excluding carboxylic acids is 2. The molecule has 0 bridgehead atoms. The Bertz CT molecular complexity index is 1380. The standard InChI is InChI=1S/C28H27N5O2/c1-17-9-18(2)11-21(10-17)27(34)32-23-8-7-19(3)25(14-23)28(35)33-24-15-30-26(31-16-24)13-20-5-4-6-22(29)12-20/h4-12,14-16H,13,29H2,1-3H3,(H,32,34)(H,33,35). The van der Waals surface area contributed by atoms with E-state index in [1.165, 1.54) is 0 Å². The molecule has 1 aromatic heterocycles. The van der Waals surface area contributed by atoms with E-state index in [9.17, 15) is 9.59 Å². The van der Waals surface area contributed by atoms with Crippen molar-refractivity contribution in [3.05, 3.63) is 112 Å². The zero-order valence-electron chi connectivity index (χ0n) is 19.9. The van der Waals surface area contributed by atoms with Gasteiger partial charge in [0.2, 0.25) is 0 Å². The highest BCUT2D eigenvalue weighted by Gasteiger charge is 2.13. The number of nitrogens with one attached hydrogen (secondary N) is 2. The SMILES string of the molecule is Cc1cc(C)cc(C(=O)Nc2ccc(C)c(C(=O)Nc3cnc(Cc4cccc(N)c4)nc3)c2)c1. The fourth-order valence-electron chi connectivity index (χ4n) is 3.85. The summed E-state index contributed by atoms with van der Waals surface area (Å²) in [6, 6.07) is 18.5. The third-order valence-electron chi connectivity index (χ3n) is 5.50. The van der Waals surface area contributed by atoms with Crippen molar-refractivity contribution in [3.63, 3.8) is 0 Å². The maximum absolute atomic E-state index is 13.0. The molecular weight excluding hydrogens is 438 g/mol. The van der Waals surface area contributed by atoms with Gasteiger partial charge in [-0.3, -0.25) is 9.59 Å². The Kier molecular flexibility index (Phi) is 6.87. The van der Waals surface area contributed by atoms with Crippen LogP contribution in [-0.2, 0) is 6.42 Å². The molecule has 7 heteroatoms. The van der Waals surface area contributed by atoms with Gasteiger partial charge in [0.15, 0.2) is 0 Å². The van der Waals surface area contributed by atoms with E-state index < -0.39 is 0 Å². The van der Waals surface area contributed by atoms with Crippen LogP contribution in [0.2, 0.25) is 0 Å². The Morgan fingerprint density at radius 1 is 0.800 bits per heavy atom. The molecule has 1 heterocycles. The predicted molar refractivity (Wildman–Crippen MR) is 139 cm³/mol. The lowest BCUT2D eigenvalue weighted by Crippen LogP contribution is -2.16. The topological polar surface area (TPSA) is 110 Å². The Morgan fingerprint density at radius 3 is 2.17 bits per heavy atom. The molecule has 7 nitrogen and oxygen atoms in total. The largest absolute Gasteiger partial charge is 0.399 e. The second-order valence-corrected chi connectivity index (χ2v) is 8.62. The van der Waals surface area contributed by atoms with Crippen molar-refractivity contribution >= 4 is 28.9 Å². The van der Waals surface area contributed by atoms with E-state index in [0.29, 0.717) is 40.4 Å². The number of nitrogen functional groups attached to an aromatic ring is 1. The molecule has 0 aliphatic rings. The number of nitrogens with two attached hydrogens (primary N) is 1. The number of aryl methyl sites for hydroxylation is 3. The van der Waals surface area contributed by atoms with Crippen molar-refractivity contribution in [2.75, 3.05) is 16.4 Å². The first-order chi connectivity index (χ1) is 16.8. The molecule has 0 atom stereocenters. The van der Waals surface area contributed by atoms with Gasteiger partial charge in [-0.05, 0) is 68.3 Å². The molecule has 4 aromatic rings. The lowest BCUT2D eigenvalue weighted by Gasteiger charge is -2.12. The number of hydrogen-bond donors (Lipinski definition) is 3. The van der Waals surface area contributed by atoms with Crippen LogP contribution in [0.25, 0.3) is 0 Å². The van der Waals surface area contributed by atoms with E-state index in [1.807, 2.05) is 63.2 Å². The van der Waals surface area contributed by atoms with Crippen molar-refractivity contribution in [1.29, 1.82) is 0 Å². The van der Waals surface area contributed by atoms with Gasteiger partial charge >= 0.3 is 0 Å². The number of benzene rings is 3. The summed E-state index contributed by atoms with van der Waals surface area (Å²) < 4.78 is 0. The van der Waals surface area contributed by atoms with Gasteiger partial charge in [0.1, 0.15) is 5.82 Å². The van der Waals surface area contributed by atoms with Gasteiger partial charge in [-0.1, -0.05) is 35.4 Å². The first-order valence-electron chi connectivity index (χ1n) is 11.2. The summed E-state index contributed by atoms with van der Waals surface area (Å²) in [4.78, 5) is 34.4. The molecule has 0 aliphatic heterocycles. The van der Waals surface area contributed by atoms with Crippen molar-refractivity contribution in [1.82, 2.24) is 9.97 Å².